The minimum absolute atomic E-state index is 0.0114. The largest absolute Gasteiger partial charge is 0.306 e. The third kappa shape index (κ3) is 3.64. The Balaban J connectivity index is 2.41. The van der Waals surface area contributed by atoms with Crippen molar-refractivity contribution in [2.75, 3.05) is 6.54 Å². The second-order valence-corrected chi connectivity index (χ2v) is 5.70. The molecule has 2 aromatic rings. The number of nitrogens with one attached hydrogen (secondary N) is 1. The molecular weight excluding hydrogens is 319 g/mol. The Labute approximate surface area is 127 Å². The molecular formula is C16H18BrFN2. The molecule has 0 aliphatic heterocycles. The SMILES string of the molecule is CCCNC(c1cncc(C)c1)c1ccc(F)cc1Br. The first kappa shape index (κ1) is 15.1. The predicted octanol–water partition coefficient (Wildman–Crippen LogP) is 4.38. The number of aryl methyl sites for hydroxylation is 1. The first-order valence-corrected chi connectivity index (χ1v) is 7.51. The van der Waals surface area contributed by atoms with Gasteiger partial charge in [-0.1, -0.05) is 35.0 Å². The first-order chi connectivity index (χ1) is 9.61. The maximum atomic E-state index is 13.3. The highest BCUT2D eigenvalue weighted by atomic mass is 79.9. The van der Waals surface area contributed by atoms with E-state index in [1.54, 1.807) is 0 Å². The van der Waals surface area contributed by atoms with E-state index in [9.17, 15) is 4.39 Å². The molecule has 1 aromatic heterocycles. The summed E-state index contributed by atoms with van der Waals surface area (Å²) < 4.78 is 14.0. The fourth-order valence-electron chi connectivity index (χ4n) is 2.17. The smallest absolute Gasteiger partial charge is 0.124 e. The molecule has 20 heavy (non-hydrogen) atoms. The summed E-state index contributed by atoms with van der Waals surface area (Å²) in [4.78, 5) is 4.26. The van der Waals surface area contributed by atoms with E-state index in [1.165, 1.54) is 12.1 Å². The van der Waals surface area contributed by atoms with Crippen LogP contribution in [0.25, 0.3) is 0 Å². The Morgan fingerprint density at radius 1 is 1.30 bits per heavy atom. The van der Waals surface area contributed by atoms with E-state index < -0.39 is 0 Å². The van der Waals surface area contributed by atoms with Crippen LogP contribution in [0, 0.1) is 12.7 Å². The summed E-state index contributed by atoms with van der Waals surface area (Å²) in [6.07, 6.45) is 4.73. The molecule has 0 radical (unpaired) electrons. The second-order valence-electron chi connectivity index (χ2n) is 4.85. The average Bonchev–Trinajstić information content (AvgIpc) is 2.41. The van der Waals surface area contributed by atoms with Gasteiger partial charge in [0.25, 0.3) is 0 Å². The number of benzene rings is 1. The van der Waals surface area contributed by atoms with Gasteiger partial charge in [-0.25, -0.2) is 4.39 Å². The molecule has 1 atom stereocenters. The van der Waals surface area contributed by atoms with E-state index in [1.807, 2.05) is 25.4 Å². The van der Waals surface area contributed by atoms with Crippen LogP contribution in [-0.2, 0) is 0 Å². The fraction of sp³-hybridized carbons (Fsp3) is 0.312. The van der Waals surface area contributed by atoms with Crippen molar-refractivity contribution in [2.45, 2.75) is 26.3 Å². The number of hydrogen-bond acceptors (Lipinski definition) is 2. The summed E-state index contributed by atoms with van der Waals surface area (Å²) in [5, 5.41) is 3.50. The standard InChI is InChI=1S/C16H18BrFN2/c1-3-6-20-16(12-7-11(2)9-19-10-12)14-5-4-13(18)8-15(14)17/h4-5,7-10,16,20H,3,6H2,1-2H3. The van der Waals surface area contributed by atoms with Crippen LogP contribution in [0.4, 0.5) is 4.39 Å². The molecule has 0 fully saturated rings. The van der Waals surface area contributed by atoms with Crippen molar-refractivity contribution in [3.63, 3.8) is 0 Å². The van der Waals surface area contributed by atoms with Gasteiger partial charge in [0.1, 0.15) is 5.82 Å². The van der Waals surface area contributed by atoms with Crippen LogP contribution in [0.2, 0.25) is 0 Å². The topological polar surface area (TPSA) is 24.9 Å². The Hall–Kier alpha value is -1.26. The molecule has 106 valence electrons. The summed E-state index contributed by atoms with van der Waals surface area (Å²) in [6.45, 7) is 5.04. The van der Waals surface area contributed by atoms with Crippen LogP contribution in [-0.4, -0.2) is 11.5 Å². The van der Waals surface area contributed by atoms with Gasteiger partial charge in [0.2, 0.25) is 0 Å². The molecule has 0 saturated heterocycles. The molecule has 2 nitrogen and oxygen atoms in total. The van der Waals surface area contributed by atoms with Crippen LogP contribution >= 0.6 is 15.9 Å². The lowest BCUT2D eigenvalue weighted by Gasteiger charge is -2.21. The molecule has 0 bridgehead atoms. The van der Waals surface area contributed by atoms with Crippen molar-refractivity contribution < 1.29 is 4.39 Å². The van der Waals surface area contributed by atoms with Gasteiger partial charge in [-0.2, -0.15) is 0 Å². The second kappa shape index (κ2) is 6.95. The lowest BCUT2D eigenvalue weighted by atomic mass is 9.99. The lowest BCUT2D eigenvalue weighted by Crippen LogP contribution is -2.23. The average molecular weight is 337 g/mol. The number of rotatable bonds is 5. The summed E-state index contributed by atoms with van der Waals surface area (Å²) in [5.74, 6) is -0.239. The lowest BCUT2D eigenvalue weighted by molar-refractivity contribution is 0.589. The number of nitrogens with zero attached hydrogens (tertiary/aromatic N) is 1. The molecule has 2 rings (SSSR count). The number of pyridine rings is 1. The quantitative estimate of drug-likeness (QED) is 0.876. The molecule has 1 unspecified atom stereocenters. The van der Waals surface area contributed by atoms with Crippen molar-refractivity contribution in [3.8, 4) is 0 Å². The zero-order valence-electron chi connectivity index (χ0n) is 11.7. The van der Waals surface area contributed by atoms with Crippen molar-refractivity contribution in [2.24, 2.45) is 0 Å². The molecule has 4 heteroatoms. The summed E-state index contributed by atoms with van der Waals surface area (Å²) in [7, 11) is 0. The summed E-state index contributed by atoms with van der Waals surface area (Å²) >= 11 is 3.46. The first-order valence-electron chi connectivity index (χ1n) is 6.71. The van der Waals surface area contributed by atoms with Crippen LogP contribution in [0.5, 0.6) is 0 Å². The van der Waals surface area contributed by atoms with Gasteiger partial charge >= 0.3 is 0 Å². The molecule has 0 spiro atoms. The Bertz CT molecular complexity index is 586. The molecule has 0 aliphatic carbocycles. The van der Waals surface area contributed by atoms with Crippen LogP contribution in [0.3, 0.4) is 0 Å². The van der Waals surface area contributed by atoms with E-state index in [2.05, 4.69) is 39.2 Å². The number of halogens is 2. The Kier molecular flexibility index (Phi) is 5.26. The molecule has 0 amide bonds. The van der Waals surface area contributed by atoms with Crippen LogP contribution in [0.15, 0.2) is 41.1 Å². The minimum Gasteiger partial charge on any atom is -0.306 e. The van der Waals surface area contributed by atoms with Crippen molar-refractivity contribution in [3.05, 3.63) is 63.6 Å². The normalized spacial score (nSPS) is 12.4. The van der Waals surface area contributed by atoms with Crippen molar-refractivity contribution >= 4 is 15.9 Å². The van der Waals surface area contributed by atoms with Gasteiger partial charge in [0.05, 0.1) is 6.04 Å². The number of aromatic nitrogens is 1. The predicted molar refractivity (Wildman–Crippen MR) is 83.2 cm³/mol. The highest BCUT2D eigenvalue weighted by Crippen LogP contribution is 2.29. The molecule has 1 aromatic carbocycles. The van der Waals surface area contributed by atoms with Gasteiger partial charge < -0.3 is 5.32 Å². The van der Waals surface area contributed by atoms with E-state index in [4.69, 9.17) is 0 Å². The zero-order valence-corrected chi connectivity index (χ0v) is 13.2. The maximum Gasteiger partial charge on any atom is 0.124 e. The van der Waals surface area contributed by atoms with E-state index in [0.717, 1.165) is 34.1 Å². The van der Waals surface area contributed by atoms with E-state index in [-0.39, 0.29) is 11.9 Å². The molecule has 1 N–H and O–H groups in total. The van der Waals surface area contributed by atoms with Gasteiger partial charge in [0.15, 0.2) is 0 Å². The zero-order chi connectivity index (χ0) is 14.5. The van der Waals surface area contributed by atoms with Gasteiger partial charge in [0, 0.05) is 16.9 Å². The highest BCUT2D eigenvalue weighted by molar-refractivity contribution is 9.10. The molecule has 0 aliphatic rings. The van der Waals surface area contributed by atoms with Gasteiger partial charge in [-0.3, -0.25) is 4.98 Å². The van der Waals surface area contributed by atoms with Crippen molar-refractivity contribution in [1.82, 2.24) is 10.3 Å². The van der Waals surface area contributed by atoms with Crippen LogP contribution < -0.4 is 5.32 Å². The van der Waals surface area contributed by atoms with E-state index in [0.29, 0.717) is 0 Å². The van der Waals surface area contributed by atoms with E-state index >= 15 is 0 Å². The highest BCUT2D eigenvalue weighted by Gasteiger charge is 2.17. The maximum absolute atomic E-state index is 13.3. The monoisotopic (exact) mass is 336 g/mol. The third-order valence-corrected chi connectivity index (χ3v) is 3.79. The Morgan fingerprint density at radius 2 is 2.10 bits per heavy atom. The molecule has 0 saturated carbocycles. The van der Waals surface area contributed by atoms with Crippen LogP contribution in [0.1, 0.15) is 36.1 Å². The molecule has 1 heterocycles. The van der Waals surface area contributed by atoms with Gasteiger partial charge in [-0.15, -0.1) is 0 Å². The fourth-order valence-corrected chi connectivity index (χ4v) is 2.75. The Morgan fingerprint density at radius 3 is 2.75 bits per heavy atom. The number of hydrogen-bond donors (Lipinski definition) is 1. The summed E-state index contributed by atoms with van der Waals surface area (Å²) in [5.41, 5.74) is 3.22. The summed E-state index contributed by atoms with van der Waals surface area (Å²) in [6, 6.07) is 6.92. The van der Waals surface area contributed by atoms with Crippen molar-refractivity contribution in [1.29, 1.82) is 0 Å². The minimum atomic E-state index is -0.239. The van der Waals surface area contributed by atoms with Gasteiger partial charge in [-0.05, 0) is 48.7 Å². The third-order valence-electron chi connectivity index (χ3n) is 3.10.